The summed E-state index contributed by atoms with van der Waals surface area (Å²) in [6, 6.07) is 13.6. The molecule has 5 rings (SSSR count). The van der Waals surface area contributed by atoms with Crippen LogP contribution in [0.2, 0.25) is 0 Å². The molecule has 0 aliphatic carbocycles. The Balaban J connectivity index is 1.48. The SMILES string of the molecule is CCOc1ccc(-n2c(C)cc(/C=C3\C(=N)N4N=C(c5cccnc5)SC4=NC3=O)c2C)cc1. The average molecular weight is 471 g/mol. The second-order valence-corrected chi connectivity index (χ2v) is 8.71. The molecule has 0 bridgehead atoms. The van der Waals surface area contributed by atoms with E-state index in [1.165, 1.54) is 16.8 Å². The number of nitrogens with one attached hydrogen (secondary N) is 1. The van der Waals surface area contributed by atoms with Crippen LogP contribution in [-0.4, -0.2) is 43.1 Å². The van der Waals surface area contributed by atoms with Gasteiger partial charge in [-0.05, 0) is 86.6 Å². The summed E-state index contributed by atoms with van der Waals surface area (Å²) in [5.41, 5.74) is 4.83. The minimum atomic E-state index is -0.447. The number of pyridine rings is 1. The predicted octanol–water partition coefficient (Wildman–Crippen LogP) is 4.56. The fourth-order valence-electron chi connectivity index (χ4n) is 3.94. The highest BCUT2D eigenvalue weighted by Gasteiger charge is 2.36. The maximum atomic E-state index is 12.8. The number of amidine groups is 2. The van der Waals surface area contributed by atoms with E-state index >= 15 is 0 Å². The molecule has 0 spiro atoms. The number of ether oxygens (including phenoxy) is 1. The van der Waals surface area contributed by atoms with E-state index in [1.807, 2.05) is 63.2 Å². The lowest BCUT2D eigenvalue weighted by atomic mass is 10.1. The Labute approximate surface area is 201 Å². The predicted molar refractivity (Wildman–Crippen MR) is 135 cm³/mol. The number of hydrogen-bond acceptors (Lipinski definition) is 6. The van der Waals surface area contributed by atoms with Crippen molar-refractivity contribution in [2.75, 3.05) is 6.61 Å². The Kier molecular flexibility index (Phi) is 5.62. The van der Waals surface area contributed by atoms with Crippen LogP contribution >= 0.6 is 11.8 Å². The molecule has 2 aromatic heterocycles. The van der Waals surface area contributed by atoms with Crippen LogP contribution in [0.5, 0.6) is 5.75 Å². The fourth-order valence-corrected chi connectivity index (χ4v) is 4.82. The van der Waals surface area contributed by atoms with Crippen molar-refractivity contribution >= 4 is 39.8 Å². The summed E-state index contributed by atoms with van der Waals surface area (Å²) >= 11 is 1.26. The standard InChI is InChI=1S/C25H22N6O2S/c1-4-33-20-9-7-19(8-10-20)30-15(2)12-18(16(30)3)13-21-22(26)31-25(28-23(21)32)34-24(29-31)17-6-5-11-27-14-17/h5-14,26H,4H2,1-3H3/b21-13+,26-22?. The first kappa shape index (κ1) is 21.8. The van der Waals surface area contributed by atoms with Crippen LogP contribution in [0.4, 0.5) is 0 Å². The van der Waals surface area contributed by atoms with Gasteiger partial charge in [0.15, 0.2) is 5.84 Å². The van der Waals surface area contributed by atoms with Crippen molar-refractivity contribution in [2.24, 2.45) is 10.1 Å². The number of amides is 1. The van der Waals surface area contributed by atoms with Gasteiger partial charge in [-0.3, -0.25) is 15.2 Å². The van der Waals surface area contributed by atoms with E-state index in [0.717, 1.165) is 34.0 Å². The Morgan fingerprint density at radius 2 is 1.97 bits per heavy atom. The quantitative estimate of drug-likeness (QED) is 0.552. The van der Waals surface area contributed by atoms with Crippen molar-refractivity contribution in [1.82, 2.24) is 14.6 Å². The number of fused-ring (bicyclic) bond motifs is 1. The molecule has 0 fully saturated rings. The fraction of sp³-hybridized carbons (Fsp3) is 0.160. The summed E-state index contributed by atoms with van der Waals surface area (Å²) < 4.78 is 7.65. The van der Waals surface area contributed by atoms with E-state index in [4.69, 9.17) is 10.1 Å². The van der Waals surface area contributed by atoms with E-state index in [0.29, 0.717) is 16.8 Å². The lowest BCUT2D eigenvalue weighted by Crippen LogP contribution is -2.35. The molecule has 34 heavy (non-hydrogen) atoms. The number of rotatable bonds is 5. The molecule has 9 heteroatoms. The number of thioether (sulfide) groups is 1. The number of benzene rings is 1. The molecule has 3 aromatic rings. The summed E-state index contributed by atoms with van der Waals surface area (Å²) in [4.78, 5) is 21.2. The molecule has 1 amide bonds. The van der Waals surface area contributed by atoms with Gasteiger partial charge in [0.25, 0.3) is 5.91 Å². The summed E-state index contributed by atoms with van der Waals surface area (Å²) in [6.07, 6.45) is 5.11. The van der Waals surface area contributed by atoms with Crippen LogP contribution in [0.3, 0.4) is 0 Å². The highest BCUT2D eigenvalue weighted by Crippen LogP contribution is 2.31. The first-order valence-electron chi connectivity index (χ1n) is 10.8. The second-order valence-electron chi connectivity index (χ2n) is 7.76. The van der Waals surface area contributed by atoms with Gasteiger partial charge < -0.3 is 9.30 Å². The van der Waals surface area contributed by atoms with Crippen LogP contribution in [0.1, 0.15) is 29.4 Å². The zero-order chi connectivity index (χ0) is 23.8. The number of carbonyl (C=O) groups excluding carboxylic acids is 1. The number of hydrogen-bond donors (Lipinski definition) is 1. The zero-order valence-corrected chi connectivity index (χ0v) is 19.8. The number of aliphatic imine (C=N–C) groups is 1. The van der Waals surface area contributed by atoms with E-state index < -0.39 is 5.91 Å². The van der Waals surface area contributed by atoms with Gasteiger partial charge in [-0.15, -0.1) is 0 Å². The molecule has 4 heterocycles. The van der Waals surface area contributed by atoms with Gasteiger partial charge in [-0.2, -0.15) is 15.1 Å². The molecule has 8 nitrogen and oxygen atoms in total. The van der Waals surface area contributed by atoms with Crippen LogP contribution in [0, 0.1) is 19.3 Å². The van der Waals surface area contributed by atoms with E-state index in [2.05, 4.69) is 19.6 Å². The summed E-state index contributed by atoms with van der Waals surface area (Å²) in [6.45, 7) is 6.58. The van der Waals surface area contributed by atoms with E-state index in [1.54, 1.807) is 18.5 Å². The van der Waals surface area contributed by atoms with Gasteiger partial charge in [0, 0.05) is 35.0 Å². The van der Waals surface area contributed by atoms with Crippen LogP contribution < -0.4 is 4.74 Å². The van der Waals surface area contributed by atoms with Gasteiger partial charge in [-0.25, -0.2) is 0 Å². The number of nitrogens with zero attached hydrogens (tertiary/aromatic N) is 5. The molecular weight excluding hydrogens is 448 g/mol. The first-order valence-corrected chi connectivity index (χ1v) is 11.6. The van der Waals surface area contributed by atoms with Gasteiger partial charge in [-0.1, -0.05) is 0 Å². The van der Waals surface area contributed by atoms with Crippen molar-refractivity contribution in [2.45, 2.75) is 20.8 Å². The number of carbonyl (C=O) groups is 1. The Bertz CT molecular complexity index is 1390. The molecule has 0 radical (unpaired) electrons. The molecule has 1 aromatic carbocycles. The highest BCUT2D eigenvalue weighted by atomic mass is 32.2. The number of aromatic nitrogens is 2. The monoisotopic (exact) mass is 470 g/mol. The van der Waals surface area contributed by atoms with Crippen molar-refractivity contribution in [3.8, 4) is 11.4 Å². The van der Waals surface area contributed by atoms with E-state index in [9.17, 15) is 4.79 Å². The van der Waals surface area contributed by atoms with Gasteiger partial charge >= 0.3 is 0 Å². The van der Waals surface area contributed by atoms with Crippen molar-refractivity contribution in [3.63, 3.8) is 0 Å². The van der Waals surface area contributed by atoms with Gasteiger partial charge in [0.1, 0.15) is 10.8 Å². The molecule has 0 atom stereocenters. The highest BCUT2D eigenvalue weighted by molar-refractivity contribution is 8.27. The zero-order valence-electron chi connectivity index (χ0n) is 18.9. The number of aryl methyl sites for hydroxylation is 1. The molecule has 2 aliphatic rings. The second kappa shape index (κ2) is 8.75. The summed E-state index contributed by atoms with van der Waals surface area (Å²) in [5, 5.41) is 15.6. The molecule has 0 saturated heterocycles. The number of hydrazone groups is 1. The Morgan fingerprint density at radius 1 is 1.18 bits per heavy atom. The maximum absolute atomic E-state index is 12.8. The molecular formula is C25H22N6O2S. The van der Waals surface area contributed by atoms with Crippen LogP contribution in [-0.2, 0) is 4.79 Å². The molecule has 2 aliphatic heterocycles. The first-order chi connectivity index (χ1) is 16.5. The third-order valence-corrected chi connectivity index (χ3v) is 6.50. The van der Waals surface area contributed by atoms with Crippen molar-refractivity contribution in [1.29, 1.82) is 5.41 Å². The largest absolute Gasteiger partial charge is 0.494 e. The smallest absolute Gasteiger partial charge is 0.283 e. The minimum absolute atomic E-state index is 0.00672. The molecule has 1 N–H and O–H groups in total. The lowest BCUT2D eigenvalue weighted by molar-refractivity contribution is -0.114. The van der Waals surface area contributed by atoms with Crippen LogP contribution in [0.15, 0.2) is 70.5 Å². The molecule has 0 unspecified atom stereocenters. The van der Waals surface area contributed by atoms with Crippen LogP contribution in [0.25, 0.3) is 11.8 Å². The molecule has 0 saturated carbocycles. The summed E-state index contributed by atoms with van der Waals surface area (Å²) in [5.74, 6) is 0.380. The van der Waals surface area contributed by atoms with Crippen molar-refractivity contribution < 1.29 is 9.53 Å². The van der Waals surface area contributed by atoms with E-state index in [-0.39, 0.29) is 11.4 Å². The van der Waals surface area contributed by atoms with Gasteiger partial charge in [0.2, 0.25) is 5.17 Å². The Hall–Kier alpha value is -3.98. The Morgan fingerprint density at radius 3 is 2.68 bits per heavy atom. The topological polar surface area (TPSA) is 95.9 Å². The summed E-state index contributed by atoms with van der Waals surface area (Å²) in [7, 11) is 0. The average Bonchev–Trinajstić information content (AvgIpc) is 3.38. The third kappa shape index (κ3) is 3.84. The lowest BCUT2D eigenvalue weighted by Gasteiger charge is -2.20. The van der Waals surface area contributed by atoms with Crippen molar-refractivity contribution in [3.05, 3.63) is 82.9 Å². The normalized spacial score (nSPS) is 16.6. The maximum Gasteiger partial charge on any atom is 0.283 e. The third-order valence-electron chi connectivity index (χ3n) is 5.54. The molecule has 170 valence electrons. The van der Waals surface area contributed by atoms with Gasteiger partial charge in [0.05, 0.1) is 12.2 Å². The minimum Gasteiger partial charge on any atom is -0.494 e.